The van der Waals surface area contributed by atoms with Gasteiger partial charge in [0.25, 0.3) is 0 Å². The molecule has 1 aliphatic heterocycles. The smallest absolute Gasteiger partial charge is 0.0347 e. The standard InChI is InChI=1S/C18H10S/c1-2-7-13-11(5-1)12-6-3-4-8-14(12)17-15(13)9-10-16-18(17)19-16/h1-10H. The van der Waals surface area contributed by atoms with Crippen LogP contribution < -0.4 is 0 Å². The fourth-order valence-electron chi connectivity index (χ4n) is 3.11. The van der Waals surface area contributed by atoms with Gasteiger partial charge in [0.15, 0.2) is 0 Å². The van der Waals surface area contributed by atoms with Gasteiger partial charge in [-0.2, -0.15) is 0 Å². The third-order valence-electron chi connectivity index (χ3n) is 4.00. The first-order valence-electron chi connectivity index (χ1n) is 6.47. The zero-order chi connectivity index (χ0) is 12.4. The molecule has 5 rings (SSSR count). The van der Waals surface area contributed by atoms with Crippen LogP contribution in [0.3, 0.4) is 0 Å². The normalized spacial score (nSPS) is 13.1. The Labute approximate surface area is 115 Å². The van der Waals surface area contributed by atoms with E-state index in [1.807, 2.05) is 11.8 Å². The largest absolute Gasteiger partial charge is 0.0870 e. The Morgan fingerprint density at radius 1 is 0.526 bits per heavy atom. The summed E-state index contributed by atoms with van der Waals surface area (Å²) >= 11 is 1.91. The zero-order valence-electron chi connectivity index (χ0n) is 10.2. The lowest BCUT2D eigenvalue weighted by molar-refractivity contribution is 1.45. The maximum atomic E-state index is 2.28. The monoisotopic (exact) mass is 258 g/mol. The predicted octanol–water partition coefficient (Wildman–Crippen LogP) is 5.61. The average molecular weight is 258 g/mol. The van der Waals surface area contributed by atoms with Gasteiger partial charge in [-0.05, 0) is 33.0 Å². The van der Waals surface area contributed by atoms with Crippen molar-refractivity contribution in [2.45, 2.75) is 9.79 Å². The van der Waals surface area contributed by atoms with E-state index in [1.54, 1.807) is 0 Å². The van der Waals surface area contributed by atoms with Crippen LogP contribution in [0.2, 0.25) is 0 Å². The molecular weight excluding hydrogens is 248 g/mol. The van der Waals surface area contributed by atoms with Crippen LogP contribution in [0, 0.1) is 0 Å². The fraction of sp³-hybridized carbons (Fsp3) is 0. The molecule has 0 unspecified atom stereocenters. The van der Waals surface area contributed by atoms with Gasteiger partial charge in [-0.1, -0.05) is 66.4 Å². The molecule has 0 nitrogen and oxygen atoms in total. The van der Waals surface area contributed by atoms with Gasteiger partial charge in [-0.25, -0.2) is 0 Å². The van der Waals surface area contributed by atoms with Crippen molar-refractivity contribution in [2.24, 2.45) is 0 Å². The molecule has 0 N–H and O–H groups in total. The van der Waals surface area contributed by atoms with Crippen LogP contribution in [-0.4, -0.2) is 0 Å². The van der Waals surface area contributed by atoms with Crippen molar-refractivity contribution in [2.75, 3.05) is 0 Å². The van der Waals surface area contributed by atoms with Crippen molar-refractivity contribution in [3.05, 3.63) is 60.7 Å². The molecule has 0 aromatic heterocycles. The first kappa shape index (κ1) is 9.88. The Morgan fingerprint density at radius 3 is 1.74 bits per heavy atom. The van der Waals surface area contributed by atoms with Crippen LogP contribution in [-0.2, 0) is 0 Å². The molecule has 0 bridgehead atoms. The quantitative estimate of drug-likeness (QED) is 0.257. The summed E-state index contributed by atoms with van der Waals surface area (Å²) in [7, 11) is 0. The molecule has 19 heavy (non-hydrogen) atoms. The molecule has 0 aliphatic carbocycles. The van der Waals surface area contributed by atoms with Crippen LogP contribution in [0.1, 0.15) is 0 Å². The van der Waals surface area contributed by atoms with E-state index in [0.717, 1.165) is 0 Å². The average Bonchev–Trinajstić information content (AvgIpc) is 3.26. The van der Waals surface area contributed by atoms with Gasteiger partial charge in [0.1, 0.15) is 0 Å². The second-order valence-electron chi connectivity index (χ2n) is 5.01. The van der Waals surface area contributed by atoms with Gasteiger partial charge in [-0.15, -0.1) is 0 Å². The van der Waals surface area contributed by atoms with Crippen LogP contribution in [0.25, 0.3) is 32.3 Å². The third kappa shape index (κ3) is 1.21. The molecule has 0 amide bonds. The lowest BCUT2D eigenvalue weighted by Crippen LogP contribution is -1.81. The summed E-state index contributed by atoms with van der Waals surface area (Å²) in [6, 6.07) is 22.0. The van der Waals surface area contributed by atoms with Crippen LogP contribution >= 0.6 is 11.8 Å². The van der Waals surface area contributed by atoms with Crippen LogP contribution in [0.15, 0.2) is 70.5 Å². The molecule has 0 atom stereocenters. The van der Waals surface area contributed by atoms with E-state index < -0.39 is 0 Å². The molecular formula is C18H10S. The first-order chi connectivity index (χ1) is 9.43. The van der Waals surface area contributed by atoms with E-state index >= 15 is 0 Å². The van der Waals surface area contributed by atoms with E-state index in [4.69, 9.17) is 0 Å². The Kier molecular flexibility index (Phi) is 1.72. The van der Waals surface area contributed by atoms with Crippen molar-refractivity contribution < 1.29 is 0 Å². The van der Waals surface area contributed by atoms with Gasteiger partial charge in [0.2, 0.25) is 0 Å². The summed E-state index contributed by atoms with van der Waals surface area (Å²) < 4.78 is 0. The third-order valence-corrected chi connectivity index (χ3v) is 4.98. The van der Waals surface area contributed by atoms with Crippen LogP contribution in [0.4, 0.5) is 0 Å². The summed E-state index contributed by atoms with van der Waals surface area (Å²) in [5, 5.41) is 8.31. The lowest BCUT2D eigenvalue weighted by Gasteiger charge is -2.09. The molecule has 0 radical (unpaired) electrons. The molecule has 88 valence electrons. The minimum Gasteiger partial charge on any atom is -0.0870 e. The molecule has 4 aromatic carbocycles. The maximum absolute atomic E-state index is 2.28. The Hall–Kier alpha value is -1.99. The lowest BCUT2D eigenvalue weighted by atomic mass is 9.94. The molecule has 0 saturated carbocycles. The Bertz CT molecular complexity index is 948. The van der Waals surface area contributed by atoms with Crippen molar-refractivity contribution in [3.8, 4) is 0 Å². The SMILES string of the molecule is c1ccc2c(c1)c1ccccc1c1c3c(ccc21)S3. The number of hydrogen-bond donors (Lipinski definition) is 0. The summed E-state index contributed by atoms with van der Waals surface area (Å²) in [5.74, 6) is 0. The summed E-state index contributed by atoms with van der Waals surface area (Å²) in [4.78, 5) is 2.91. The minimum atomic E-state index is 1.36. The Balaban J connectivity index is 2.24. The molecule has 1 aliphatic rings. The number of hydrogen-bond acceptors (Lipinski definition) is 1. The van der Waals surface area contributed by atoms with Crippen molar-refractivity contribution in [3.63, 3.8) is 0 Å². The summed E-state index contributed by atoms with van der Waals surface area (Å²) in [5.41, 5.74) is 0. The second kappa shape index (κ2) is 3.31. The molecule has 1 heteroatoms. The highest BCUT2D eigenvalue weighted by Gasteiger charge is 2.23. The topological polar surface area (TPSA) is 0 Å². The molecule has 0 saturated heterocycles. The first-order valence-corrected chi connectivity index (χ1v) is 7.29. The predicted molar refractivity (Wildman–Crippen MR) is 83.1 cm³/mol. The highest BCUT2D eigenvalue weighted by Crippen LogP contribution is 2.55. The summed E-state index contributed by atoms with van der Waals surface area (Å²) in [6.07, 6.45) is 0. The van der Waals surface area contributed by atoms with Gasteiger partial charge < -0.3 is 0 Å². The molecule has 0 spiro atoms. The summed E-state index contributed by atoms with van der Waals surface area (Å²) in [6.45, 7) is 0. The number of fused-ring (bicyclic) bond motifs is 8. The van der Waals surface area contributed by atoms with E-state index in [2.05, 4.69) is 60.7 Å². The Morgan fingerprint density at radius 2 is 1.05 bits per heavy atom. The second-order valence-corrected chi connectivity index (χ2v) is 6.06. The van der Waals surface area contributed by atoms with E-state index in [1.165, 1.54) is 42.1 Å². The van der Waals surface area contributed by atoms with Crippen molar-refractivity contribution >= 4 is 44.1 Å². The molecule has 4 aromatic rings. The van der Waals surface area contributed by atoms with Gasteiger partial charge in [0, 0.05) is 15.2 Å². The van der Waals surface area contributed by atoms with Crippen molar-refractivity contribution in [1.82, 2.24) is 0 Å². The zero-order valence-corrected chi connectivity index (χ0v) is 11.0. The van der Waals surface area contributed by atoms with E-state index in [9.17, 15) is 0 Å². The highest BCUT2D eigenvalue weighted by atomic mass is 32.2. The van der Waals surface area contributed by atoms with Crippen LogP contribution in [0.5, 0.6) is 0 Å². The molecule has 1 heterocycles. The minimum absolute atomic E-state index is 1.36. The van der Waals surface area contributed by atoms with Gasteiger partial charge in [0.05, 0.1) is 0 Å². The maximum Gasteiger partial charge on any atom is 0.0347 e. The molecule has 0 fully saturated rings. The highest BCUT2D eigenvalue weighted by molar-refractivity contribution is 8.05. The number of rotatable bonds is 0. The van der Waals surface area contributed by atoms with Gasteiger partial charge in [-0.3, -0.25) is 0 Å². The van der Waals surface area contributed by atoms with Gasteiger partial charge >= 0.3 is 0 Å². The van der Waals surface area contributed by atoms with E-state index in [0.29, 0.717) is 0 Å². The fourth-order valence-corrected chi connectivity index (χ4v) is 3.91. The van der Waals surface area contributed by atoms with Crippen molar-refractivity contribution in [1.29, 1.82) is 0 Å². The van der Waals surface area contributed by atoms with E-state index in [-0.39, 0.29) is 0 Å². The number of benzene rings is 4.